The largest absolute Gasteiger partial charge is 0.495 e. The second kappa shape index (κ2) is 3.60. The molecule has 76 valence electrons. The van der Waals surface area contributed by atoms with Crippen molar-refractivity contribution >= 4 is 0 Å². The van der Waals surface area contributed by atoms with Crippen LogP contribution in [0.15, 0.2) is 12.3 Å². The molecule has 0 aromatic carbocycles. The summed E-state index contributed by atoms with van der Waals surface area (Å²) in [7, 11) is 1.71. The summed E-state index contributed by atoms with van der Waals surface area (Å²) in [6, 6.07) is 2.21. The molecule has 2 nitrogen and oxygen atoms in total. The van der Waals surface area contributed by atoms with Crippen LogP contribution < -0.4 is 4.74 Å². The number of hydrogen-bond acceptors (Lipinski definition) is 2. The van der Waals surface area contributed by atoms with Crippen LogP contribution in [0.2, 0.25) is 0 Å². The van der Waals surface area contributed by atoms with Crippen molar-refractivity contribution in [3.8, 4) is 5.75 Å². The molecule has 2 heteroatoms. The highest BCUT2D eigenvalue weighted by Gasteiger charge is 2.26. The van der Waals surface area contributed by atoms with Crippen molar-refractivity contribution in [2.45, 2.75) is 38.5 Å². The lowest BCUT2D eigenvalue weighted by Crippen LogP contribution is -1.98. The standard InChI is InChI=1S/C12H17NO/c1-8(2)10-6-11(9-4-5-9)13-7-12(10)14-3/h6-9H,4-5H2,1-3H3. The Morgan fingerprint density at radius 2 is 2.14 bits per heavy atom. The second-order valence-corrected chi connectivity index (χ2v) is 4.28. The highest BCUT2D eigenvalue weighted by molar-refractivity contribution is 5.36. The van der Waals surface area contributed by atoms with Crippen molar-refractivity contribution in [1.29, 1.82) is 0 Å². The lowest BCUT2D eigenvalue weighted by atomic mass is 10.0. The van der Waals surface area contributed by atoms with Crippen molar-refractivity contribution in [3.05, 3.63) is 23.5 Å². The van der Waals surface area contributed by atoms with Gasteiger partial charge in [-0.3, -0.25) is 4.98 Å². The van der Waals surface area contributed by atoms with Crippen LogP contribution in [-0.4, -0.2) is 12.1 Å². The van der Waals surface area contributed by atoms with E-state index in [0.717, 1.165) is 11.7 Å². The fourth-order valence-corrected chi connectivity index (χ4v) is 1.70. The summed E-state index contributed by atoms with van der Waals surface area (Å²) in [5.74, 6) is 2.15. The Morgan fingerprint density at radius 3 is 2.64 bits per heavy atom. The van der Waals surface area contributed by atoms with Crippen molar-refractivity contribution in [2.75, 3.05) is 7.11 Å². The average molecular weight is 191 g/mol. The molecule has 0 amide bonds. The SMILES string of the molecule is COc1cnc(C2CC2)cc1C(C)C. The number of rotatable bonds is 3. The van der Waals surface area contributed by atoms with Crippen molar-refractivity contribution in [3.63, 3.8) is 0 Å². The zero-order valence-electron chi connectivity index (χ0n) is 9.08. The number of hydrogen-bond donors (Lipinski definition) is 0. The number of pyridine rings is 1. The number of methoxy groups -OCH3 is 1. The fourth-order valence-electron chi connectivity index (χ4n) is 1.70. The summed E-state index contributed by atoms with van der Waals surface area (Å²) in [5.41, 5.74) is 2.53. The Labute approximate surface area is 85.3 Å². The quantitative estimate of drug-likeness (QED) is 0.732. The Balaban J connectivity index is 2.35. The highest BCUT2D eigenvalue weighted by Crippen LogP contribution is 2.40. The van der Waals surface area contributed by atoms with E-state index in [-0.39, 0.29) is 0 Å². The summed E-state index contributed by atoms with van der Waals surface area (Å²) in [6.07, 6.45) is 4.47. The van der Waals surface area contributed by atoms with E-state index in [4.69, 9.17) is 4.74 Å². The monoisotopic (exact) mass is 191 g/mol. The van der Waals surface area contributed by atoms with E-state index in [1.54, 1.807) is 7.11 Å². The van der Waals surface area contributed by atoms with Crippen LogP contribution in [0.4, 0.5) is 0 Å². The zero-order valence-corrected chi connectivity index (χ0v) is 9.08. The summed E-state index contributed by atoms with van der Waals surface area (Å²) in [5, 5.41) is 0. The highest BCUT2D eigenvalue weighted by atomic mass is 16.5. The van der Waals surface area contributed by atoms with E-state index < -0.39 is 0 Å². The maximum atomic E-state index is 5.30. The van der Waals surface area contributed by atoms with Gasteiger partial charge in [0.1, 0.15) is 5.75 Å². The number of nitrogens with zero attached hydrogens (tertiary/aromatic N) is 1. The lowest BCUT2D eigenvalue weighted by Gasteiger charge is -2.12. The molecule has 2 rings (SSSR count). The molecule has 14 heavy (non-hydrogen) atoms. The molecule has 1 aromatic heterocycles. The molecule has 1 aliphatic rings. The van der Waals surface area contributed by atoms with E-state index >= 15 is 0 Å². The molecule has 0 bridgehead atoms. The third-order valence-corrected chi connectivity index (χ3v) is 2.76. The van der Waals surface area contributed by atoms with Gasteiger partial charge >= 0.3 is 0 Å². The summed E-state index contributed by atoms with van der Waals surface area (Å²) in [6.45, 7) is 4.38. The summed E-state index contributed by atoms with van der Waals surface area (Å²) >= 11 is 0. The molecule has 1 saturated carbocycles. The summed E-state index contributed by atoms with van der Waals surface area (Å²) in [4.78, 5) is 4.43. The van der Waals surface area contributed by atoms with Crippen LogP contribution in [0.1, 0.15) is 49.8 Å². The van der Waals surface area contributed by atoms with E-state index in [9.17, 15) is 0 Å². The number of aromatic nitrogens is 1. The van der Waals surface area contributed by atoms with Gasteiger partial charge in [0.15, 0.2) is 0 Å². The Kier molecular flexibility index (Phi) is 2.44. The van der Waals surface area contributed by atoms with Gasteiger partial charge in [0.05, 0.1) is 13.3 Å². The molecule has 1 heterocycles. The van der Waals surface area contributed by atoms with Crippen molar-refractivity contribution < 1.29 is 4.74 Å². The Hall–Kier alpha value is -1.05. The van der Waals surface area contributed by atoms with Gasteiger partial charge in [0.2, 0.25) is 0 Å². The minimum Gasteiger partial charge on any atom is -0.495 e. The molecule has 1 fully saturated rings. The smallest absolute Gasteiger partial charge is 0.140 e. The average Bonchev–Trinajstić information content (AvgIpc) is 3.00. The van der Waals surface area contributed by atoms with Crippen LogP contribution in [0.3, 0.4) is 0 Å². The molecule has 0 aliphatic heterocycles. The van der Waals surface area contributed by atoms with E-state index in [1.807, 2.05) is 6.20 Å². The number of ether oxygens (including phenoxy) is 1. The van der Waals surface area contributed by atoms with Gasteiger partial charge in [0.25, 0.3) is 0 Å². The first-order chi connectivity index (χ1) is 6.72. The first-order valence-electron chi connectivity index (χ1n) is 5.26. The van der Waals surface area contributed by atoms with Crippen molar-refractivity contribution in [2.24, 2.45) is 0 Å². The maximum Gasteiger partial charge on any atom is 0.140 e. The topological polar surface area (TPSA) is 22.1 Å². The second-order valence-electron chi connectivity index (χ2n) is 4.28. The third-order valence-electron chi connectivity index (χ3n) is 2.76. The molecule has 1 aromatic rings. The molecule has 0 atom stereocenters. The van der Waals surface area contributed by atoms with Crippen LogP contribution in [0.5, 0.6) is 5.75 Å². The predicted molar refractivity (Wildman–Crippen MR) is 56.9 cm³/mol. The van der Waals surface area contributed by atoms with Gasteiger partial charge in [-0.15, -0.1) is 0 Å². The molecule has 1 aliphatic carbocycles. The van der Waals surface area contributed by atoms with Crippen molar-refractivity contribution in [1.82, 2.24) is 4.98 Å². The normalized spacial score (nSPS) is 16.0. The van der Waals surface area contributed by atoms with Gasteiger partial charge in [-0.25, -0.2) is 0 Å². The van der Waals surface area contributed by atoms with Crippen LogP contribution in [0.25, 0.3) is 0 Å². The molecule has 0 unspecified atom stereocenters. The van der Waals surface area contributed by atoms with E-state index in [0.29, 0.717) is 5.92 Å². The van der Waals surface area contributed by atoms with Crippen LogP contribution in [-0.2, 0) is 0 Å². The Morgan fingerprint density at radius 1 is 1.43 bits per heavy atom. The van der Waals surface area contributed by atoms with E-state index in [2.05, 4.69) is 24.9 Å². The molecule has 0 radical (unpaired) electrons. The molecule has 0 N–H and O–H groups in total. The molecule has 0 saturated heterocycles. The minimum absolute atomic E-state index is 0.505. The molecular formula is C12H17NO. The van der Waals surface area contributed by atoms with Gasteiger partial charge < -0.3 is 4.74 Å². The first kappa shape index (κ1) is 9.50. The van der Waals surface area contributed by atoms with E-state index in [1.165, 1.54) is 24.1 Å². The molecular weight excluding hydrogens is 174 g/mol. The first-order valence-corrected chi connectivity index (χ1v) is 5.26. The van der Waals surface area contributed by atoms with Crippen LogP contribution >= 0.6 is 0 Å². The fraction of sp³-hybridized carbons (Fsp3) is 0.583. The minimum atomic E-state index is 0.505. The van der Waals surface area contributed by atoms with Gasteiger partial charge in [-0.2, -0.15) is 0 Å². The maximum absolute atomic E-state index is 5.30. The molecule has 0 spiro atoms. The van der Waals surface area contributed by atoms with Crippen LogP contribution in [0, 0.1) is 0 Å². The van der Waals surface area contributed by atoms with Gasteiger partial charge in [0, 0.05) is 17.2 Å². The lowest BCUT2D eigenvalue weighted by molar-refractivity contribution is 0.405. The third kappa shape index (κ3) is 1.74. The predicted octanol–water partition coefficient (Wildman–Crippen LogP) is 3.09. The van der Waals surface area contributed by atoms with Gasteiger partial charge in [-0.1, -0.05) is 13.8 Å². The summed E-state index contributed by atoms with van der Waals surface area (Å²) < 4.78 is 5.30. The zero-order chi connectivity index (χ0) is 10.1. The van der Waals surface area contributed by atoms with Gasteiger partial charge in [-0.05, 0) is 24.8 Å². The Bertz CT molecular complexity index is 329.